The lowest BCUT2D eigenvalue weighted by Crippen LogP contribution is -2.31. The summed E-state index contributed by atoms with van der Waals surface area (Å²) in [5.74, 6) is 2.34. The lowest BCUT2D eigenvalue weighted by atomic mass is 10.0. The number of fused-ring (bicyclic) bond motifs is 1. The highest BCUT2D eigenvalue weighted by atomic mass is 16.5. The molecule has 0 spiro atoms. The number of carbonyl (C=O) groups is 1. The Morgan fingerprint density at radius 1 is 1.23 bits per heavy atom. The van der Waals surface area contributed by atoms with E-state index in [9.17, 15) is 4.79 Å². The second-order valence-electron chi connectivity index (χ2n) is 7.71. The normalized spacial score (nSPS) is 23.1. The molecule has 0 bridgehead atoms. The van der Waals surface area contributed by atoms with Crippen LogP contribution in [0.3, 0.4) is 0 Å². The molecule has 2 aliphatic heterocycles. The van der Waals surface area contributed by atoms with Gasteiger partial charge in [-0.05, 0) is 38.0 Å². The van der Waals surface area contributed by atoms with Crippen LogP contribution in [0.25, 0.3) is 0 Å². The molecule has 2 N–H and O–H groups in total. The second-order valence-corrected chi connectivity index (χ2v) is 7.71. The van der Waals surface area contributed by atoms with Crippen LogP contribution in [-0.4, -0.2) is 59.7 Å². The molecule has 1 unspecified atom stereocenters. The summed E-state index contributed by atoms with van der Waals surface area (Å²) < 4.78 is 5.60. The summed E-state index contributed by atoms with van der Waals surface area (Å²) in [6.07, 6.45) is 6.32. The number of aromatic nitrogens is 2. The minimum Gasteiger partial charge on any atom is -0.381 e. The van der Waals surface area contributed by atoms with Gasteiger partial charge in [0.05, 0.1) is 12.3 Å². The second kappa shape index (κ2) is 7.78. The van der Waals surface area contributed by atoms with Gasteiger partial charge in [0.2, 0.25) is 11.9 Å². The minimum atomic E-state index is 0.135. The largest absolute Gasteiger partial charge is 0.381 e. The zero-order chi connectivity index (χ0) is 17.9. The van der Waals surface area contributed by atoms with Crippen molar-refractivity contribution in [2.75, 3.05) is 43.5 Å². The third-order valence-corrected chi connectivity index (χ3v) is 5.51. The van der Waals surface area contributed by atoms with Crippen molar-refractivity contribution in [3.63, 3.8) is 0 Å². The van der Waals surface area contributed by atoms with E-state index >= 15 is 0 Å². The molecule has 7 nitrogen and oxygen atoms in total. The van der Waals surface area contributed by atoms with Gasteiger partial charge < -0.3 is 20.3 Å². The third kappa shape index (κ3) is 4.26. The van der Waals surface area contributed by atoms with Crippen molar-refractivity contribution in [1.29, 1.82) is 0 Å². The van der Waals surface area contributed by atoms with Crippen LogP contribution in [0.2, 0.25) is 0 Å². The molecular weight excluding hydrogens is 330 g/mol. The van der Waals surface area contributed by atoms with E-state index in [2.05, 4.69) is 10.6 Å². The molecule has 2 fully saturated rings. The Balaban J connectivity index is 1.53. The molecule has 1 atom stereocenters. The molecule has 0 radical (unpaired) electrons. The van der Waals surface area contributed by atoms with Crippen LogP contribution in [0, 0.1) is 5.92 Å². The van der Waals surface area contributed by atoms with Crippen LogP contribution in [0.5, 0.6) is 0 Å². The van der Waals surface area contributed by atoms with Crippen molar-refractivity contribution in [3.8, 4) is 0 Å². The maximum absolute atomic E-state index is 11.8. The SMILES string of the molecule is CC(=O)N1CCc2nc(NC3CC3)nc(NCC3CCCOC3)c2CC1. The number of nitrogens with zero attached hydrogens (tertiary/aromatic N) is 3. The van der Waals surface area contributed by atoms with Gasteiger partial charge in [-0.2, -0.15) is 4.98 Å². The number of carbonyl (C=O) groups excluding carboxylic acids is 1. The van der Waals surface area contributed by atoms with E-state index in [1.807, 2.05) is 4.90 Å². The highest BCUT2D eigenvalue weighted by molar-refractivity contribution is 5.73. The first-order valence-electron chi connectivity index (χ1n) is 9.92. The first-order valence-corrected chi connectivity index (χ1v) is 9.92. The van der Waals surface area contributed by atoms with Crippen LogP contribution in [0.15, 0.2) is 0 Å². The Morgan fingerprint density at radius 2 is 2.08 bits per heavy atom. The van der Waals surface area contributed by atoms with Gasteiger partial charge in [-0.25, -0.2) is 4.98 Å². The van der Waals surface area contributed by atoms with Gasteiger partial charge in [0.1, 0.15) is 5.82 Å². The predicted molar refractivity (Wildman–Crippen MR) is 100 cm³/mol. The average molecular weight is 359 g/mol. The summed E-state index contributed by atoms with van der Waals surface area (Å²) in [5, 5.41) is 7.01. The van der Waals surface area contributed by atoms with E-state index in [4.69, 9.17) is 14.7 Å². The van der Waals surface area contributed by atoms with Crippen molar-refractivity contribution in [1.82, 2.24) is 14.9 Å². The molecule has 3 heterocycles. The number of hydrogen-bond acceptors (Lipinski definition) is 6. The van der Waals surface area contributed by atoms with E-state index < -0.39 is 0 Å². The van der Waals surface area contributed by atoms with Crippen LogP contribution in [-0.2, 0) is 22.4 Å². The molecule has 4 rings (SSSR count). The zero-order valence-corrected chi connectivity index (χ0v) is 15.6. The minimum absolute atomic E-state index is 0.135. The van der Waals surface area contributed by atoms with Gasteiger partial charge in [-0.1, -0.05) is 0 Å². The van der Waals surface area contributed by atoms with Crippen LogP contribution in [0.1, 0.15) is 43.9 Å². The lowest BCUT2D eigenvalue weighted by Gasteiger charge is -2.23. The van der Waals surface area contributed by atoms with Gasteiger partial charge in [0.25, 0.3) is 0 Å². The van der Waals surface area contributed by atoms with Gasteiger partial charge in [-0.15, -0.1) is 0 Å². The fraction of sp³-hybridized carbons (Fsp3) is 0.737. The average Bonchev–Trinajstić information content (AvgIpc) is 3.47. The van der Waals surface area contributed by atoms with E-state index in [1.165, 1.54) is 24.8 Å². The molecular formula is C19H29N5O2. The molecule has 1 aromatic heterocycles. The summed E-state index contributed by atoms with van der Waals surface area (Å²) in [7, 11) is 0. The number of nitrogens with one attached hydrogen (secondary N) is 2. The maximum atomic E-state index is 11.8. The Hall–Kier alpha value is -1.89. The maximum Gasteiger partial charge on any atom is 0.225 e. The molecule has 142 valence electrons. The molecule has 0 aromatic carbocycles. The zero-order valence-electron chi connectivity index (χ0n) is 15.6. The molecule has 1 saturated heterocycles. The van der Waals surface area contributed by atoms with Crippen molar-refractivity contribution in [3.05, 3.63) is 11.3 Å². The Morgan fingerprint density at radius 3 is 2.81 bits per heavy atom. The van der Waals surface area contributed by atoms with Crippen molar-refractivity contribution in [2.24, 2.45) is 5.92 Å². The highest BCUT2D eigenvalue weighted by Crippen LogP contribution is 2.27. The van der Waals surface area contributed by atoms with Crippen molar-refractivity contribution < 1.29 is 9.53 Å². The summed E-state index contributed by atoms with van der Waals surface area (Å²) in [4.78, 5) is 23.3. The first kappa shape index (κ1) is 17.5. The van der Waals surface area contributed by atoms with Crippen LogP contribution in [0.4, 0.5) is 11.8 Å². The first-order chi connectivity index (χ1) is 12.7. The Bertz CT molecular complexity index is 656. The van der Waals surface area contributed by atoms with Gasteiger partial charge in [0.15, 0.2) is 0 Å². The summed E-state index contributed by atoms with van der Waals surface area (Å²) in [5.41, 5.74) is 2.25. The van der Waals surface area contributed by atoms with Crippen LogP contribution >= 0.6 is 0 Å². The van der Waals surface area contributed by atoms with Gasteiger partial charge in [0, 0.05) is 51.2 Å². The molecule has 26 heavy (non-hydrogen) atoms. The lowest BCUT2D eigenvalue weighted by molar-refractivity contribution is -0.128. The smallest absolute Gasteiger partial charge is 0.225 e. The van der Waals surface area contributed by atoms with E-state index in [0.717, 1.165) is 69.6 Å². The fourth-order valence-corrected chi connectivity index (χ4v) is 3.74. The predicted octanol–water partition coefficient (Wildman–Crippen LogP) is 1.84. The molecule has 1 aliphatic carbocycles. The summed E-state index contributed by atoms with van der Waals surface area (Å²) >= 11 is 0. The molecule has 1 amide bonds. The molecule has 3 aliphatic rings. The van der Waals surface area contributed by atoms with E-state index in [0.29, 0.717) is 12.0 Å². The van der Waals surface area contributed by atoms with Crippen LogP contribution < -0.4 is 10.6 Å². The number of amides is 1. The monoisotopic (exact) mass is 359 g/mol. The summed E-state index contributed by atoms with van der Waals surface area (Å²) in [6, 6.07) is 0.521. The quantitative estimate of drug-likeness (QED) is 0.835. The van der Waals surface area contributed by atoms with E-state index in [-0.39, 0.29) is 5.91 Å². The molecule has 1 saturated carbocycles. The third-order valence-electron chi connectivity index (χ3n) is 5.51. The number of hydrogen-bond donors (Lipinski definition) is 2. The number of anilines is 2. The molecule has 7 heteroatoms. The topological polar surface area (TPSA) is 79.4 Å². The number of rotatable bonds is 5. The summed E-state index contributed by atoms with van der Waals surface area (Å²) in [6.45, 7) is 5.70. The highest BCUT2D eigenvalue weighted by Gasteiger charge is 2.25. The van der Waals surface area contributed by atoms with Gasteiger partial charge in [-0.3, -0.25) is 4.79 Å². The Labute approximate surface area is 154 Å². The Kier molecular flexibility index (Phi) is 5.24. The fourth-order valence-electron chi connectivity index (χ4n) is 3.74. The van der Waals surface area contributed by atoms with E-state index in [1.54, 1.807) is 6.92 Å². The standard InChI is InChI=1S/C19H29N5O2/c1-13(25)24-8-6-16-17(7-9-24)22-19(21-15-4-5-15)23-18(16)20-11-14-3-2-10-26-12-14/h14-15H,2-12H2,1H3,(H2,20,21,22,23). The van der Waals surface area contributed by atoms with Gasteiger partial charge >= 0.3 is 0 Å². The molecule has 1 aromatic rings. The number of ether oxygens (including phenoxy) is 1. The van der Waals surface area contributed by atoms with Crippen molar-refractivity contribution >= 4 is 17.7 Å². The van der Waals surface area contributed by atoms with Crippen molar-refractivity contribution in [2.45, 2.75) is 51.5 Å².